The van der Waals surface area contributed by atoms with Crippen LogP contribution in [0.2, 0.25) is 0 Å². The summed E-state index contributed by atoms with van der Waals surface area (Å²) in [6.07, 6.45) is 4.42. The summed E-state index contributed by atoms with van der Waals surface area (Å²) in [4.78, 5) is 25.8. The largest absolute Gasteiger partial charge is 0.385 e. The van der Waals surface area contributed by atoms with Crippen LogP contribution in [0.25, 0.3) is 0 Å². The summed E-state index contributed by atoms with van der Waals surface area (Å²) in [6.45, 7) is 3.98. The molecule has 4 heteroatoms. The van der Waals surface area contributed by atoms with Gasteiger partial charge in [0.2, 0.25) is 0 Å². The van der Waals surface area contributed by atoms with Gasteiger partial charge in [-0.25, -0.2) is 0 Å². The molecule has 0 bridgehead atoms. The van der Waals surface area contributed by atoms with Gasteiger partial charge >= 0.3 is 0 Å². The van der Waals surface area contributed by atoms with Crippen molar-refractivity contribution in [3.63, 3.8) is 0 Å². The van der Waals surface area contributed by atoms with Crippen LogP contribution in [-0.2, 0) is 4.74 Å². The van der Waals surface area contributed by atoms with Crippen molar-refractivity contribution in [2.75, 3.05) is 26.8 Å². The fraction of sp³-hybridized carbons (Fsp3) is 0.556. The lowest BCUT2D eigenvalue weighted by atomic mass is 9.93. The zero-order valence-electron chi connectivity index (χ0n) is 13.5. The van der Waals surface area contributed by atoms with E-state index in [1.165, 1.54) is 13.3 Å². The quantitative estimate of drug-likeness (QED) is 0.599. The highest BCUT2D eigenvalue weighted by Crippen LogP contribution is 2.22. The minimum Gasteiger partial charge on any atom is -0.385 e. The van der Waals surface area contributed by atoms with Crippen LogP contribution >= 0.6 is 0 Å². The second-order valence-electron chi connectivity index (χ2n) is 6.03. The fourth-order valence-corrected chi connectivity index (χ4v) is 3.03. The Hall–Kier alpha value is -1.68. The molecule has 0 saturated carbocycles. The first-order valence-corrected chi connectivity index (χ1v) is 8.01. The number of ketones is 1. The third-order valence-corrected chi connectivity index (χ3v) is 4.31. The molecule has 0 radical (unpaired) electrons. The van der Waals surface area contributed by atoms with Crippen LogP contribution in [0.15, 0.2) is 24.3 Å². The van der Waals surface area contributed by atoms with Crippen molar-refractivity contribution < 1.29 is 14.3 Å². The normalized spacial score (nSPS) is 18.3. The number of carbonyl (C=O) groups is 2. The Balaban J connectivity index is 1.94. The molecule has 4 nitrogen and oxygen atoms in total. The molecule has 1 aromatic carbocycles. The predicted octanol–water partition coefficient (Wildman–Crippen LogP) is 3.17. The summed E-state index contributed by atoms with van der Waals surface area (Å²) >= 11 is 0. The maximum Gasteiger partial charge on any atom is 0.253 e. The number of hydrogen-bond donors (Lipinski definition) is 0. The maximum atomic E-state index is 12.6. The molecule has 1 saturated heterocycles. The molecule has 2 rings (SSSR count). The second kappa shape index (κ2) is 8.08. The van der Waals surface area contributed by atoms with Gasteiger partial charge in [-0.2, -0.15) is 0 Å². The number of hydrogen-bond acceptors (Lipinski definition) is 3. The predicted molar refractivity (Wildman–Crippen MR) is 86.2 cm³/mol. The van der Waals surface area contributed by atoms with Crippen LogP contribution in [0.1, 0.15) is 53.3 Å². The molecular formula is C18H25NO3. The first-order chi connectivity index (χ1) is 10.6. The minimum atomic E-state index is 0.0233. The van der Waals surface area contributed by atoms with Crippen LogP contribution in [0.5, 0.6) is 0 Å². The second-order valence-corrected chi connectivity index (χ2v) is 6.03. The average Bonchev–Trinajstić information content (AvgIpc) is 2.55. The number of benzene rings is 1. The summed E-state index contributed by atoms with van der Waals surface area (Å²) in [6, 6.07) is 6.98. The van der Waals surface area contributed by atoms with E-state index in [9.17, 15) is 9.59 Å². The molecule has 0 spiro atoms. The zero-order chi connectivity index (χ0) is 15.9. The first kappa shape index (κ1) is 16.7. The van der Waals surface area contributed by atoms with Crippen molar-refractivity contribution in [2.24, 2.45) is 5.92 Å². The lowest BCUT2D eigenvalue weighted by molar-refractivity contribution is 0.0660. The van der Waals surface area contributed by atoms with Gasteiger partial charge in [-0.3, -0.25) is 9.59 Å². The van der Waals surface area contributed by atoms with Crippen LogP contribution < -0.4 is 0 Å². The van der Waals surface area contributed by atoms with Gasteiger partial charge in [-0.1, -0.05) is 12.1 Å². The Bertz CT molecular complexity index is 510. The number of amides is 1. The molecule has 1 atom stereocenters. The zero-order valence-corrected chi connectivity index (χ0v) is 13.5. The lowest BCUT2D eigenvalue weighted by Gasteiger charge is -2.33. The number of rotatable bonds is 6. The molecular weight excluding hydrogens is 278 g/mol. The Morgan fingerprint density at radius 3 is 2.55 bits per heavy atom. The smallest absolute Gasteiger partial charge is 0.253 e. The van der Waals surface area contributed by atoms with Gasteiger partial charge in [0.05, 0.1) is 0 Å². The van der Waals surface area contributed by atoms with Gasteiger partial charge in [0.25, 0.3) is 5.91 Å². The van der Waals surface area contributed by atoms with Crippen molar-refractivity contribution >= 4 is 11.7 Å². The van der Waals surface area contributed by atoms with E-state index in [0.29, 0.717) is 17.0 Å². The van der Waals surface area contributed by atoms with Gasteiger partial charge in [0.1, 0.15) is 0 Å². The highest BCUT2D eigenvalue weighted by atomic mass is 16.5. The third kappa shape index (κ3) is 4.41. The summed E-state index contributed by atoms with van der Waals surface area (Å²) in [5.41, 5.74) is 1.31. The summed E-state index contributed by atoms with van der Waals surface area (Å²) in [5.74, 6) is 0.672. The number of likely N-dealkylation sites (tertiary alicyclic amines) is 1. The van der Waals surface area contributed by atoms with E-state index in [0.717, 1.165) is 39.0 Å². The van der Waals surface area contributed by atoms with E-state index < -0.39 is 0 Å². The number of Topliss-reactive ketones (excluding diaryl/α,β-unsaturated/α-hetero) is 1. The maximum absolute atomic E-state index is 12.6. The highest BCUT2D eigenvalue weighted by molar-refractivity contribution is 5.97. The number of carbonyl (C=O) groups excluding carboxylic acids is 2. The first-order valence-electron chi connectivity index (χ1n) is 8.01. The molecule has 22 heavy (non-hydrogen) atoms. The fourth-order valence-electron chi connectivity index (χ4n) is 3.03. The highest BCUT2D eigenvalue weighted by Gasteiger charge is 2.24. The van der Waals surface area contributed by atoms with Crippen molar-refractivity contribution in [3.8, 4) is 0 Å². The lowest BCUT2D eigenvalue weighted by Crippen LogP contribution is -2.40. The number of ether oxygens (including phenoxy) is 1. The standard InChI is InChI=1S/C18H25NO3/c1-14(20)16-7-9-17(10-8-16)18(21)19-11-3-5-15(13-19)6-4-12-22-2/h7-10,15H,3-6,11-13H2,1-2H3/t15-/m0/s1. The van der Waals surface area contributed by atoms with Crippen molar-refractivity contribution in [3.05, 3.63) is 35.4 Å². The van der Waals surface area contributed by atoms with Crippen LogP contribution in [0, 0.1) is 5.92 Å². The van der Waals surface area contributed by atoms with E-state index in [-0.39, 0.29) is 11.7 Å². The van der Waals surface area contributed by atoms with Crippen LogP contribution in [0.3, 0.4) is 0 Å². The summed E-state index contributed by atoms with van der Waals surface area (Å²) in [5, 5.41) is 0. The van der Waals surface area contributed by atoms with Gasteiger partial charge < -0.3 is 9.64 Å². The van der Waals surface area contributed by atoms with E-state index in [4.69, 9.17) is 4.74 Å². The number of methoxy groups -OCH3 is 1. The molecule has 1 fully saturated rings. The SMILES string of the molecule is COCCC[C@@H]1CCCN(C(=O)c2ccc(C(C)=O)cc2)C1. The Morgan fingerprint density at radius 2 is 1.91 bits per heavy atom. The molecule has 1 heterocycles. The summed E-state index contributed by atoms with van der Waals surface area (Å²) < 4.78 is 5.10. The number of piperidine rings is 1. The molecule has 1 aromatic rings. The van der Waals surface area contributed by atoms with Crippen LogP contribution in [-0.4, -0.2) is 43.4 Å². The summed E-state index contributed by atoms with van der Waals surface area (Å²) in [7, 11) is 1.72. The van der Waals surface area contributed by atoms with Crippen molar-refractivity contribution in [1.29, 1.82) is 0 Å². The number of nitrogens with zero attached hydrogens (tertiary/aromatic N) is 1. The molecule has 0 aliphatic carbocycles. The molecule has 1 aliphatic heterocycles. The van der Waals surface area contributed by atoms with E-state index in [2.05, 4.69) is 0 Å². The van der Waals surface area contributed by atoms with Crippen molar-refractivity contribution in [1.82, 2.24) is 4.90 Å². The average molecular weight is 303 g/mol. The van der Waals surface area contributed by atoms with Crippen LogP contribution in [0.4, 0.5) is 0 Å². The Morgan fingerprint density at radius 1 is 1.23 bits per heavy atom. The van der Waals surface area contributed by atoms with Gasteiger partial charge in [-0.15, -0.1) is 0 Å². The third-order valence-electron chi connectivity index (χ3n) is 4.31. The van der Waals surface area contributed by atoms with Gasteiger partial charge in [0, 0.05) is 37.9 Å². The monoisotopic (exact) mass is 303 g/mol. The van der Waals surface area contributed by atoms with E-state index in [1.54, 1.807) is 31.4 Å². The Labute approximate surface area is 132 Å². The van der Waals surface area contributed by atoms with Gasteiger partial charge in [0.15, 0.2) is 5.78 Å². The minimum absolute atomic E-state index is 0.0233. The topological polar surface area (TPSA) is 46.6 Å². The van der Waals surface area contributed by atoms with E-state index in [1.807, 2.05) is 4.90 Å². The van der Waals surface area contributed by atoms with E-state index >= 15 is 0 Å². The molecule has 1 aliphatic rings. The molecule has 1 amide bonds. The molecule has 0 aromatic heterocycles. The molecule has 0 unspecified atom stereocenters. The molecule has 0 N–H and O–H groups in total. The van der Waals surface area contributed by atoms with Crippen molar-refractivity contribution in [2.45, 2.75) is 32.6 Å². The Kier molecular flexibility index (Phi) is 6.13. The van der Waals surface area contributed by atoms with Gasteiger partial charge in [-0.05, 0) is 50.7 Å². The molecule has 120 valence electrons.